The van der Waals surface area contributed by atoms with Crippen molar-refractivity contribution < 1.29 is 4.74 Å². The number of allylic oxidation sites excluding steroid dienone is 3. The molecular weight excluding hydrogens is 224 g/mol. The summed E-state index contributed by atoms with van der Waals surface area (Å²) in [4.78, 5) is 0. The molecule has 0 bridgehead atoms. The lowest BCUT2D eigenvalue weighted by Crippen LogP contribution is -2.02. The van der Waals surface area contributed by atoms with Crippen LogP contribution in [0.15, 0.2) is 47.7 Å². The summed E-state index contributed by atoms with van der Waals surface area (Å²) in [6.07, 6.45) is 3.78. The fourth-order valence-electron chi connectivity index (χ4n) is 1.69. The van der Waals surface area contributed by atoms with E-state index in [1.807, 2.05) is 43.3 Å². The lowest BCUT2D eigenvalue weighted by Gasteiger charge is -2.07. The molecule has 0 saturated heterocycles. The van der Waals surface area contributed by atoms with Gasteiger partial charge in [0.15, 0.2) is 0 Å². The van der Waals surface area contributed by atoms with Crippen molar-refractivity contribution >= 4 is 5.70 Å². The van der Waals surface area contributed by atoms with Crippen molar-refractivity contribution in [3.8, 4) is 0 Å². The van der Waals surface area contributed by atoms with Crippen molar-refractivity contribution in [2.45, 2.75) is 19.8 Å². The summed E-state index contributed by atoms with van der Waals surface area (Å²) >= 11 is 0. The molecule has 1 aromatic carbocycles. The minimum atomic E-state index is 0.732. The zero-order valence-corrected chi connectivity index (χ0v) is 11.1. The zero-order valence-electron chi connectivity index (χ0n) is 11.1. The normalized spacial score (nSPS) is 13.3. The van der Waals surface area contributed by atoms with Gasteiger partial charge in [-0.25, -0.2) is 0 Å². The van der Waals surface area contributed by atoms with Crippen LogP contribution in [0.2, 0.25) is 0 Å². The Balaban J connectivity index is 2.80. The maximum Gasteiger partial charge on any atom is 0.0465 e. The predicted octanol–water partition coefficient (Wildman–Crippen LogP) is 2.65. The van der Waals surface area contributed by atoms with Crippen molar-refractivity contribution in [1.82, 2.24) is 0 Å². The molecule has 18 heavy (non-hydrogen) atoms. The second-order valence-corrected chi connectivity index (χ2v) is 4.27. The summed E-state index contributed by atoms with van der Waals surface area (Å²) in [6.45, 7) is 2.63. The molecule has 3 nitrogen and oxygen atoms in total. The van der Waals surface area contributed by atoms with E-state index < -0.39 is 0 Å². The highest BCUT2D eigenvalue weighted by atomic mass is 16.5. The molecule has 0 saturated carbocycles. The number of rotatable bonds is 6. The standard InChI is InChI=1S/C15H22N2O/c1-12(16)14(9-6-10-18-2)11-15(17)13-7-4-3-5-8-13/h3-5,7-8,11H,6,9-10,16-17H2,1-2H3/b14-12-,15-11-. The Morgan fingerprint density at radius 2 is 1.89 bits per heavy atom. The van der Waals surface area contributed by atoms with Crippen LogP contribution in [-0.2, 0) is 4.74 Å². The number of benzene rings is 1. The topological polar surface area (TPSA) is 61.3 Å². The average molecular weight is 246 g/mol. The van der Waals surface area contributed by atoms with Crippen LogP contribution in [0.25, 0.3) is 5.70 Å². The van der Waals surface area contributed by atoms with Crippen molar-refractivity contribution in [3.05, 3.63) is 53.2 Å². The second kappa shape index (κ2) is 7.56. The van der Waals surface area contributed by atoms with E-state index >= 15 is 0 Å². The van der Waals surface area contributed by atoms with Gasteiger partial charge < -0.3 is 16.2 Å². The average Bonchev–Trinajstić information content (AvgIpc) is 2.38. The van der Waals surface area contributed by atoms with Gasteiger partial charge in [0.25, 0.3) is 0 Å². The minimum Gasteiger partial charge on any atom is -0.402 e. The molecular formula is C15H22N2O. The van der Waals surface area contributed by atoms with E-state index in [-0.39, 0.29) is 0 Å². The molecule has 0 unspecified atom stereocenters. The summed E-state index contributed by atoms with van der Waals surface area (Å²) in [5.41, 5.74) is 15.6. The van der Waals surface area contributed by atoms with E-state index in [0.717, 1.165) is 42.0 Å². The van der Waals surface area contributed by atoms with Crippen molar-refractivity contribution in [2.75, 3.05) is 13.7 Å². The van der Waals surface area contributed by atoms with Gasteiger partial charge in [0.05, 0.1) is 0 Å². The van der Waals surface area contributed by atoms with Gasteiger partial charge in [0.2, 0.25) is 0 Å². The molecule has 0 fully saturated rings. The van der Waals surface area contributed by atoms with Crippen LogP contribution in [0.1, 0.15) is 25.3 Å². The highest BCUT2D eigenvalue weighted by Crippen LogP contribution is 2.16. The van der Waals surface area contributed by atoms with Crippen LogP contribution in [0.4, 0.5) is 0 Å². The molecule has 1 rings (SSSR count). The van der Waals surface area contributed by atoms with Crippen LogP contribution in [0.3, 0.4) is 0 Å². The largest absolute Gasteiger partial charge is 0.402 e. The van der Waals surface area contributed by atoms with Crippen LogP contribution in [0.5, 0.6) is 0 Å². The molecule has 1 aromatic rings. The van der Waals surface area contributed by atoms with E-state index in [1.54, 1.807) is 7.11 Å². The SMILES string of the molecule is COCCCC(/C=C(\N)c1ccccc1)=C(\C)N. The first-order valence-corrected chi connectivity index (χ1v) is 6.12. The first kappa shape index (κ1) is 14.3. The van der Waals surface area contributed by atoms with Crippen LogP contribution < -0.4 is 11.5 Å². The van der Waals surface area contributed by atoms with Crippen LogP contribution in [-0.4, -0.2) is 13.7 Å². The quantitative estimate of drug-likeness (QED) is 0.599. The third-order valence-corrected chi connectivity index (χ3v) is 2.74. The Kier molecular flexibility index (Phi) is 6.01. The van der Waals surface area contributed by atoms with Gasteiger partial charge in [0, 0.05) is 25.1 Å². The van der Waals surface area contributed by atoms with E-state index in [9.17, 15) is 0 Å². The van der Waals surface area contributed by atoms with Gasteiger partial charge in [-0.1, -0.05) is 30.3 Å². The molecule has 0 heterocycles. The predicted molar refractivity (Wildman–Crippen MR) is 76.6 cm³/mol. The smallest absolute Gasteiger partial charge is 0.0465 e. The molecule has 0 radical (unpaired) electrons. The number of methoxy groups -OCH3 is 1. The Labute approximate surface area is 109 Å². The molecule has 3 heteroatoms. The van der Waals surface area contributed by atoms with E-state index in [0.29, 0.717) is 0 Å². The molecule has 0 aliphatic rings. The molecule has 0 atom stereocenters. The third kappa shape index (κ3) is 4.63. The van der Waals surface area contributed by atoms with Gasteiger partial charge in [-0.3, -0.25) is 0 Å². The van der Waals surface area contributed by atoms with E-state index in [4.69, 9.17) is 16.2 Å². The maximum atomic E-state index is 6.08. The lowest BCUT2D eigenvalue weighted by atomic mass is 10.0. The van der Waals surface area contributed by atoms with Crippen molar-refractivity contribution in [3.63, 3.8) is 0 Å². The minimum absolute atomic E-state index is 0.732. The van der Waals surface area contributed by atoms with Gasteiger partial charge in [-0.2, -0.15) is 0 Å². The summed E-state index contributed by atoms with van der Waals surface area (Å²) in [5.74, 6) is 0. The molecule has 0 aliphatic carbocycles. The number of hydrogen-bond acceptors (Lipinski definition) is 3. The van der Waals surface area contributed by atoms with Gasteiger partial charge in [-0.15, -0.1) is 0 Å². The molecule has 0 aromatic heterocycles. The van der Waals surface area contributed by atoms with E-state index in [2.05, 4.69) is 0 Å². The first-order valence-electron chi connectivity index (χ1n) is 6.12. The van der Waals surface area contributed by atoms with E-state index in [1.165, 1.54) is 0 Å². The van der Waals surface area contributed by atoms with Crippen molar-refractivity contribution in [1.29, 1.82) is 0 Å². The monoisotopic (exact) mass is 246 g/mol. The van der Waals surface area contributed by atoms with Crippen LogP contribution >= 0.6 is 0 Å². The number of nitrogens with two attached hydrogens (primary N) is 2. The Morgan fingerprint density at radius 1 is 1.22 bits per heavy atom. The van der Waals surface area contributed by atoms with Crippen molar-refractivity contribution in [2.24, 2.45) is 11.5 Å². The molecule has 0 aliphatic heterocycles. The Bertz CT molecular complexity index is 417. The Hall–Kier alpha value is -1.74. The second-order valence-electron chi connectivity index (χ2n) is 4.27. The first-order chi connectivity index (χ1) is 8.65. The lowest BCUT2D eigenvalue weighted by molar-refractivity contribution is 0.195. The summed E-state index contributed by atoms with van der Waals surface area (Å²) in [5, 5.41) is 0. The fourth-order valence-corrected chi connectivity index (χ4v) is 1.69. The number of hydrogen-bond donors (Lipinski definition) is 2. The highest BCUT2D eigenvalue weighted by molar-refractivity contribution is 5.65. The van der Waals surface area contributed by atoms with Gasteiger partial charge in [-0.05, 0) is 37.0 Å². The summed E-state index contributed by atoms with van der Waals surface area (Å²) in [6, 6.07) is 9.90. The third-order valence-electron chi connectivity index (χ3n) is 2.74. The maximum absolute atomic E-state index is 6.08. The fraction of sp³-hybridized carbons (Fsp3) is 0.333. The molecule has 0 spiro atoms. The van der Waals surface area contributed by atoms with Gasteiger partial charge >= 0.3 is 0 Å². The summed E-state index contributed by atoms with van der Waals surface area (Å²) < 4.78 is 5.05. The molecule has 98 valence electrons. The molecule has 0 amide bonds. The highest BCUT2D eigenvalue weighted by Gasteiger charge is 2.01. The van der Waals surface area contributed by atoms with Crippen LogP contribution in [0, 0.1) is 0 Å². The summed E-state index contributed by atoms with van der Waals surface area (Å²) in [7, 11) is 1.70. The molecule has 4 N–H and O–H groups in total. The number of ether oxygens (including phenoxy) is 1. The Morgan fingerprint density at radius 3 is 2.44 bits per heavy atom. The zero-order chi connectivity index (χ0) is 13.4. The van der Waals surface area contributed by atoms with Gasteiger partial charge in [0.1, 0.15) is 0 Å².